The third-order valence-electron chi connectivity index (χ3n) is 2.83. The molecular formula is C16H17ClN3OS+. The fourth-order valence-corrected chi connectivity index (χ4v) is 1.87. The zero-order chi connectivity index (χ0) is 15.8. The Bertz CT molecular complexity index is 659. The molecule has 0 atom stereocenters. The summed E-state index contributed by atoms with van der Waals surface area (Å²) in [6.07, 6.45) is 1.80. The monoisotopic (exact) mass is 334 g/mol. The fourth-order valence-electron chi connectivity index (χ4n) is 1.69. The van der Waals surface area contributed by atoms with E-state index in [0.29, 0.717) is 11.7 Å². The third kappa shape index (κ3) is 5.35. The highest BCUT2D eigenvalue weighted by Crippen LogP contribution is 2.15. The predicted octanol–water partition coefficient (Wildman–Crippen LogP) is 1.43. The van der Waals surface area contributed by atoms with Crippen molar-refractivity contribution in [2.24, 2.45) is 0 Å². The summed E-state index contributed by atoms with van der Waals surface area (Å²) in [7, 11) is 1.75. The van der Waals surface area contributed by atoms with Crippen LogP contribution in [0.2, 0.25) is 5.02 Å². The van der Waals surface area contributed by atoms with Gasteiger partial charge in [0.2, 0.25) is 5.11 Å². The molecule has 0 spiro atoms. The van der Waals surface area contributed by atoms with E-state index in [4.69, 9.17) is 28.6 Å². The lowest BCUT2D eigenvalue weighted by Gasteiger charge is -2.06. The van der Waals surface area contributed by atoms with Gasteiger partial charge in [-0.25, -0.2) is 0 Å². The molecule has 0 aliphatic heterocycles. The number of halogens is 1. The number of hydrogen-bond donors (Lipinski definition) is 3. The first kappa shape index (κ1) is 16.3. The molecule has 6 heteroatoms. The standard InChI is InChI=1S/C16H16ClN3OS/c1-18-16(22)20-19-10-13-3-2-4-15(9-13)21-11-12-5-7-14(17)8-6-12/h2-10H,11H2,1H3,(H2,18,20,22)/p+1. The summed E-state index contributed by atoms with van der Waals surface area (Å²) in [5.41, 5.74) is 4.86. The summed E-state index contributed by atoms with van der Waals surface area (Å²) in [6.45, 7) is 0.496. The van der Waals surface area contributed by atoms with Crippen LogP contribution < -0.4 is 20.6 Å². The normalized spacial score (nSPS) is 10.5. The minimum atomic E-state index is 0.496. The average Bonchev–Trinajstić information content (AvgIpc) is 2.54. The zero-order valence-electron chi connectivity index (χ0n) is 12.1. The van der Waals surface area contributed by atoms with Gasteiger partial charge in [-0.1, -0.05) is 29.8 Å². The van der Waals surface area contributed by atoms with E-state index in [1.807, 2.05) is 48.5 Å². The first-order chi connectivity index (χ1) is 10.7. The molecule has 0 bridgehead atoms. The van der Waals surface area contributed by atoms with E-state index in [1.165, 1.54) is 0 Å². The number of benzene rings is 2. The summed E-state index contributed by atoms with van der Waals surface area (Å²) in [6, 6.07) is 15.3. The first-order valence-electron chi connectivity index (χ1n) is 6.71. The molecule has 0 fully saturated rings. The Kier molecular flexibility index (Phi) is 6.18. The molecule has 2 rings (SSSR count). The first-order valence-corrected chi connectivity index (χ1v) is 7.50. The number of rotatable bonds is 5. The van der Waals surface area contributed by atoms with E-state index in [2.05, 4.69) is 15.8 Å². The van der Waals surface area contributed by atoms with Gasteiger partial charge in [-0.15, -0.1) is 10.5 Å². The topological polar surface area (TPSA) is 47.3 Å². The van der Waals surface area contributed by atoms with Crippen LogP contribution in [0.4, 0.5) is 0 Å². The Balaban J connectivity index is 1.93. The van der Waals surface area contributed by atoms with Crippen LogP contribution in [-0.2, 0) is 6.61 Å². The van der Waals surface area contributed by atoms with Gasteiger partial charge >= 0.3 is 0 Å². The maximum absolute atomic E-state index is 5.86. The van der Waals surface area contributed by atoms with Gasteiger partial charge in [-0.3, -0.25) is 0 Å². The largest absolute Gasteiger partial charge is 0.489 e. The predicted molar refractivity (Wildman–Crippen MR) is 93.1 cm³/mol. The zero-order valence-corrected chi connectivity index (χ0v) is 13.7. The maximum Gasteiger partial charge on any atom is 0.223 e. The molecule has 2 aromatic carbocycles. The van der Waals surface area contributed by atoms with Crippen molar-refractivity contribution in [3.05, 3.63) is 64.7 Å². The van der Waals surface area contributed by atoms with Crippen LogP contribution in [0.15, 0.2) is 48.5 Å². The van der Waals surface area contributed by atoms with Crippen molar-refractivity contribution in [2.75, 3.05) is 7.05 Å². The second kappa shape index (κ2) is 8.36. The SMILES string of the molecule is CNC(=S)N[NH+]=Cc1cccc(OCc2ccc(Cl)cc2)c1. The lowest BCUT2D eigenvalue weighted by molar-refractivity contribution is -0.500. The number of thiocarbonyl (C=S) groups is 1. The lowest BCUT2D eigenvalue weighted by Crippen LogP contribution is -2.82. The summed E-state index contributed by atoms with van der Waals surface area (Å²) >= 11 is 10.8. The minimum absolute atomic E-state index is 0.496. The third-order valence-corrected chi connectivity index (χ3v) is 3.39. The number of hydrogen-bond acceptors (Lipinski definition) is 2. The second-order valence-corrected chi connectivity index (χ2v) is 5.33. The van der Waals surface area contributed by atoms with Crippen LogP contribution in [-0.4, -0.2) is 18.4 Å². The number of nitrogens with one attached hydrogen (secondary N) is 3. The quantitative estimate of drug-likeness (QED) is 0.440. The summed E-state index contributed by atoms with van der Waals surface area (Å²) < 4.78 is 5.77. The molecule has 0 amide bonds. The van der Waals surface area contributed by atoms with Crippen molar-refractivity contribution in [3.63, 3.8) is 0 Å². The highest BCUT2D eigenvalue weighted by Gasteiger charge is 1.99. The van der Waals surface area contributed by atoms with Crippen molar-refractivity contribution in [1.29, 1.82) is 0 Å². The molecule has 0 saturated heterocycles. The molecule has 0 saturated carbocycles. The highest BCUT2D eigenvalue weighted by atomic mass is 35.5. The van der Waals surface area contributed by atoms with Crippen molar-refractivity contribution in [3.8, 4) is 5.75 Å². The minimum Gasteiger partial charge on any atom is -0.489 e. The Hall–Kier alpha value is -2.11. The van der Waals surface area contributed by atoms with Crippen LogP contribution in [0.25, 0.3) is 0 Å². The van der Waals surface area contributed by atoms with Crippen molar-refractivity contribution in [1.82, 2.24) is 10.7 Å². The van der Waals surface area contributed by atoms with E-state index in [9.17, 15) is 0 Å². The van der Waals surface area contributed by atoms with Gasteiger partial charge in [0.1, 0.15) is 12.4 Å². The molecule has 4 nitrogen and oxygen atoms in total. The molecule has 0 aromatic heterocycles. The molecule has 22 heavy (non-hydrogen) atoms. The Morgan fingerprint density at radius 3 is 2.77 bits per heavy atom. The Morgan fingerprint density at radius 2 is 2.05 bits per heavy atom. The van der Waals surface area contributed by atoms with Gasteiger partial charge in [0, 0.05) is 17.6 Å². The molecule has 3 N–H and O–H groups in total. The van der Waals surface area contributed by atoms with Crippen molar-refractivity contribution >= 4 is 35.1 Å². The smallest absolute Gasteiger partial charge is 0.223 e. The van der Waals surface area contributed by atoms with E-state index in [0.717, 1.165) is 21.9 Å². The maximum atomic E-state index is 5.86. The summed E-state index contributed by atoms with van der Waals surface area (Å²) in [4.78, 5) is 0. The van der Waals surface area contributed by atoms with E-state index >= 15 is 0 Å². The van der Waals surface area contributed by atoms with Gasteiger partial charge in [0.05, 0.1) is 0 Å². The number of hydrazine groups is 1. The highest BCUT2D eigenvalue weighted by molar-refractivity contribution is 7.80. The number of ether oxygens (including phenoxy) is 1. The number of hydrazone groups is 1. The summed E-state index contributed by atoms with van der Waals surface area (Å²) in [5.74, 6) is 0.793. The van der Waals surface area contributed by atoms with Gasteiger partial charge in [0.15, 0.2) is 6.21 Å². The van der Waals surface area contributed by atoms with E-state index in [-0.39, 0.29) is 0 Å². The fraction of sp³-hybridized carbons (Fsp3) is 0.125. The summed E-state index contributed by atoms with van der Waals surface area (Å²) in [5, 5.41) is 6.96. The van der Waals surface area contributed by atoms with Crippen LogP contribution in [0.5, 0.6) is 5.75 Å². The van der Waals surface area contributed by atoms with Crippen molar-refractivity contribution < 1.29 is 9.84 Å². The molecule has 0 aliphatic rings. The van der Waals surface area contributed by atoms with Crippen LogP contribution in [0, 0.1) is 0 Å². The molecule has 0 aliphatic carbocycles. The average molecular weight is 335 g/mol. The molecule has 0 heterocycles. The van der Waals surface area contributed by atoms with Gasteiger partial charge in [-0.2, -0.15) is 0 Å². The molecule has 0 unspecified atom stereocenters. The Labute approximate surface area is 140 Å². The molecule has 2 aromatic rings. The molecular weight excluding hydrogens is 318 g/mol. The van der Waals surface area contributed by atoms with Gasteiger partial charge in [-0.05, 0) is 48.1 Å². The second-order valence-electron chi connectivity index (χ2n) is 4.48. The van der Waals surface area contributed by atoms with Crippen LogP contribution >= 0.6 is 23.8 Å². The van der Waals surface area contributed by atoms with Crippen molar-refractivity contribution in [2.45, 2.75) is 6.61 Å². The van der Waals surface area contributed by atoms with Gasteiger partial charge < -0.3 is 10.1 Å². The Morgan fingerprint density at radius 1 is 1.27 bits per heavy atom. The van der Waals surface area contributed by atoms with Gasteiger partial charge in [0.25, 0.3) is 0 Å². The lowest BCUT2D eigenvalue weighted by atomic mass is 10.2. The van der Waals surface area contributed by atoms with Crippen LogP contribution in [0.3, 0.4) is 0 Å². The molecule has 114 valence electrons. The van der Waals surface area contributed by atoms with Crippen LogP contribution in [0.1, 0.15) is 11.1 Å². The molecule has 0 radical (unpaired) electrons. The van der Waals surface area contributed by atoms with E-state index in [1.54, 1.807) is 13.3 Å². The van der Waals surface area contributed by atoms with E-state index < -0.39 is 0 Å².